The molecule has 1 unspecified atom stereocenters. The number of nitrogens with zero attached hydrogens (tertiary/aromatic N) is 1. The Hall–Kier alpha value is -2.29. The molecule has 27 heavy (non-hydrogen) atoms. The van der Waals surface area contributed by atoms with Gasteiger partial charge in [-0.1, -0.05) is 31.2 Å². The molecule has 0 aromatic heterocycles. The minimum absolute atomic E-state index is 0.0944. The molecule has 1 aliphatic heterocycles. The second-order valence-electron chi connectivity index (χ2n) is 6.50. The summed E-state index contributed by atoms with van der Waals surface area (Å²) in [6, 6.07) is 11.2. The predicted molar refractivity (Wildman–Crippen MR) is 100 cm³/mol. The molecule has 1 atom stereocenters. The first kappa shape index (κ1) is 19.5. The molecule has 0 bridgehead atoms. The van der Waals surface area contributed by atoms with Gasteiger partial charge in [-0.05, 0) is 35.7 Å². The molecule has 0 radical (unpaired) electrons. The molecule has 144 valence electrons. The largest absolute Gasteiger partial charge is 0.329 e. The molecule has 2 aromatic rings. The fourth-order valence-electron chi connectivity index (χ4n) is 3.25. The van der Waals surface area contributed by atoms with Gasteiger partial charge < -0.3 is 10.2 Å². The van der Waals surface area contributed by atoms with Crippen LogP contribution in [0, 0.1) is 5.82 Å². The van der Waals surface area contributed by atoms with Crippen molar-refractivity contribution in [3.8, 4) is 0 Å². The van der Waals surface area contributed by atoms with E-state index >= 15 is 0 Å². The summed E-state index contributed by atoms with van der Waals surface area (Å²) in [6.45, 7) is 3.77. The first-order valence-corrected chi connectivity index (χ1v) is 10.3. The third-order valence-electron chi connectivity index (χ3n) is 4.76. The Morgan fingerprint density at radius 2 is 1.96 bits per heavy atom. The third kappa shape index (κ3) is 4.18. The number of piperazine rings is 1. The smallest absolute Gasteiger partial charge is 0.254 e. The van der Waals surface area contributed by atoms with Crippen molar-refractivity contribution in [3.05, 3.63) is 65.0 Å². The molecule has 1 saturated heterocycles. The lowest BCUT2D eigenvalue weighted by Crippen LogP contribution is -2.48. The standard InChI is InChI=1S/C19H22FN3O3S/c1-2-13-3-5-14(6-4-13)17-12-22-9-10-23(17)19(24)15-7-8-18(16(20)11-15)27(21,25)26/h3-8,11,17,22H,2,9-10,12H2,1H3,(H2,21,25,26). The minimum atomic E-state index is -4.17. The van der Waals surface area contributed by atoms with E-state index in [0.29, 0.717) is 19.6 Å². The fraction of sp³-hybridized carbons (Fsp3) is 0.316. The SMILES string of the molecule is CCc1ccc(C2CNCCN2C(=O)c2ccc(S(N)(=O)=O)c(F)c2)cc1. The number of aryl methyl sites for hydroxylation is 1. The lowest BCUT2D eigenvalue weighted by Gasteiger charge is -2.36. The van der Waals surface area contributed by atoms with E-state index in [-0.39, 0.29) is 17.5 Å². The average molecular weight is 391 g/mol. The molecule has 1 heterocycles. The number of nitrogens with two attached hydrogens (primary N) is 1. The molecule has 3 rings (SSSR count). The van der Waals surface area contributed by atoms with Crippen molar-refractivity contribution in [2.24, 2.45) is 5.14 Å². The van der Waals surface area contributed by atoms with E-state index in [1.54, 1.807) is 4.90 Å². The Morgan fingerprint density at radius 1 is 1.26 bits per heavy atom. The van der Waals surface area contributed by atoms with E-state index in [1.165, 1.54) is 11.6 Å². The topological polar surface area (TPSA) is 92.5 Å². The maximum atomic E-state index is 14.1. The maximum absolute atomic E-state index is 14.1. The Morgan fingerprint density at radius 3 is 2.56 bits per heavy atom. The summed E-state index contributed by atoms with van der Waals surface area (Å²) in [5.41, 5.74) is 2.30. The van der Waals surface area contributed by atoms with Crippen molar-refractivity contribution in [3.63, 3.8) is 0 Å². The van der Waals surface area contributed by atoms with Crippen LogP contribution in [0.5, 0.6) is 0 Å². The molecule has 0 saturated carbocycles. The zero-order chi connectivity index (χ0) is 19.6. The van der Waals surface area contributed by atoms with Crippen LogP contribution in [0.15, 0.2) is 47.4 Å². The molecule has 1 aliphatic rings. The van der Waals surface area contributed by atoms with Crippen molar-refractivity contribution in [2.45, 2.75) is 24.3 Å². The van der Waals surface area contributed by atoms with Crippen molar-refractivity contribution >= 4 is 15.9 Å². The average Bonchev–Trinajstić information content (AvgIpc) is 2.66. The molecule has 3 N–H and O–H groups in total. The Labute approximate surface area is 158 Å². The second-order valence-corrected chi connectivity index (χ2v) is 8.03. The number of sulfonamides is 1. The van der Waals surface area contributed by atoms with Gasteiger partial charge >= 0.3 is 0 Å². The second kappa shape index (κ2) is 7.75. The number of carbonyl (C=O) groups is 1. The lowest BCUT2D eigenvalue weighted by atomic mass is 10.00. The highest BCUT2D eigenvalue weighted by Gasteiger charge is 2.29. The van der Waals surface area contributed by atoms with E-state index in [1.807, 2.05) is 24.3 Å². The van der Waals surface area contributed by atoms with Gasteiger partial charge in [-0.15, -0.1) is 0 Å². The van der Waals surface area contributed by atoms with Crippen molar-refractivity contribution < 1.29 is 17.6 Å². The summed E-state index contributed by atoms with van der Waals surface area (Å²) >= 11 is 0. The van der Waals surface area contributed by atoms with Crippen LogP contribution in [0.2, 0.25) is 0 Å². The van der Waals surface area contributed by atoms with Crippen molar-refractivity contribution in [1.29, 1.82) is 0 Å². The Balaban J connectivity index is 1.90. The highest BCUT2D eigenvalue weighted by molar-refractivity contribution is 7.89. The van der Waals surface area contributed by atoms with Gasteiger partial charge in [0.25, 0.3) is 5.91 Å². The van der Waals surface area contributed by atoms with Crippen LogP contribution in [0.4, 0.5) is 4.39 Å². The van der Waals surface area contributed by atoms with Gasteiger partial charge in [0.2, 0.25) is 10.0 Å². The van der Waals surface area contributed by atoms with E-state index in [0.717, 1.165) is 24.1 Å². The highest BCUT2D eigenvalue weighted by Crippen LogP contribution is 2.25. The number of rotatable bonds is 4. The summed E-state index contributed by atoms with van der Waals surface area (Å²) in [4.78, 5) is 14.0. The number of hydrogen-bond donors (Lipinski definition) is 2. The van der Waals surface area contributed by atoms with Crippen LogP contribution in [-0.4, -0.2) is 38.9 Å². The van der Waals surface area contributed by atoms with E-state index < -0.39 is 20.7 Å². The zero-order valence-corrected chi connectivity index (χ0v) is 15.8. The van der Waals surface area contributed by atoms with E-state index in [4.69, 9.17) is 5.14 Å². The van der Waals surface area contributed by atoms with E-state index in [2.05, 4.69) is 12.2 Å². The van der Waals surface area contributed by atoms with Crippen LogP contribution in [0.25, 0.3) is 0 Å². The maximum Gasteiger partial charge on any atom is 0.254 e. The zero-order valence-electron chi connectivity index (χ0n) is 15.0. The number of carbonyl (C=O) groups excluding carboxylic acids is 1. The molecule has 1 amide bonds. The summed E-state index contributed by atoms with van der Waals surface area (Å²) in [7, 11) is -4.17. The van der Waals surface area contributed by atoms with Gasteiger partial charge in [0.1, 0.15) is 10.7 Å². The fourth-order valence-corrected chi connectivity index (χ4v) is 3.84. The molecular weight excluding hydrogens is 369 g/mol. The monoisotopic (exact) mass is 391 g/mol. The molecule has 1 fully saturated rings. The van der Waals surface area contributed by atoms with Crippen molar-refractivity contribution in [1.82, 2.24) is 10.2 Å². The predicted octanol–water partition coefficient (Wildman–Crippen LogP) is 1.82. The van der Waals surface area contributed by atoms with Crippen molar-refractivity contribution in [2.75, 3.05) is 19.6 Å². The molecule has 2 aromatic carbocycles. The lowest BCUT2D eigenvalue weighted by molar-refractivity contribution is 0.0633. The van der Waals surface area contributed by atoms with Gasteiger partial charge in [-0.3, -0.25) is 4.79 Å². The van der Waals surface area contributed by atoms with Crippen LogP contribution in [0.1, 0.15) is 34.5 Å². The third-order valence-corrected chi connectivity index (χ3v) is 5.71. The highest BCUT2D eigenvalue weighted by atomic mass is 32.2. The van der Waals surface area contributed by atoms with E-state index in [9.17, 15) is 17.6 Å². The first-order chi connectivity index (χ1) is 12.8. The molecule has 6 nitrogen and oxygen atoms in total. The number of halogens is 1. The molecule has 8 heteroatoms. The van der Waals surface area contributed by atoms with Crippen LogP contribution in [-0.2, 0) is 16.4 Å². The van der Waals surface area contributed by atoms with Gasteiger partial charge in [-0.2, -0.15) is 0 Å². The summed E-state index contributed by atoms with van der Waals surface area (Å²) < 4.78 is 36.9. The Kier molecular flexibility index (Phi) is 5.59. The van der Waals surface area contributed by atoms with Crippen LogP contribution >= 0.6 is 0 Å². The molecular formula is C19H22FN3O3S. The number of benzene rings is 2. The summed E-state index contributed by atoms with van der Waals surface area (Å²) in [5.74, 6) is -1.37. The number of nitrogens with one attached hydrogen (secondary N) is 1. The van der Waals surface area contributed by atoms with Crippen LogP contribution < -0.4 is 10.5 Å². The summed E-state index contributed by atoms with van der Waals surface area (Å²) in [5, 5.41) is 8.25. The normalized spacial score (nSPS) is 17.7. The van der Waals surface area contributed by atoms with Gasteiger partial charge in [0.05, 0.1) is 6.04 Å². The minimum Gasteiger partial charge on any atom is -0.329 e. The first-order valence-electron chi connectivity index (χ1n) is 8.74. The van der Waals surface area contributed by atoms with Gasteiger partial charge in [0, 0.05) is 25.2 Å². The van der Waals surface area contributed by atoms with Crippen LogP contribution in [0.3, 0.4) is 0 Å². The Bertz CT molecular complexity index is 945. The molecule has 0 aliphatic carbocycles. The summed E-state index contributed by atoms with van der Waals surface area (Å²) in [6.07, 6.45) is 0.932. The van der Waals surface area contributed by atoms with Gasteiger partial charge in [-0.25, -0.2) is 17.9 Å². The van der Waals surface area contributed by atoms with Gasteiger partial charge in [0.15, 0.2) is 0 Å². The number of amides is 1. The number of hydrogen-bond acceptors (Lipinski definition) is 4. The number of primary sulfonamides is 1. The molecule has 0 spiro atoms. The quantitative estimate of drug-likeness (QED) is 0.832.